The predicted molar refractivity (Wildman–Crippen MR) is 106 cm³/mol. The van der Waals surface area contributed by atoms with Gasteiger partial charge in [-0.3, -0.25) is 9.59 Å². The molecule has 9 nitrogen and oxygen atoms in total. The number of amides is 2. The fraction of sp³-hybridized carbons (Fsp3) is 0.733. The Hall–Kier alpha value is -1.24. The van der Waals surface area contributed by atoms with Gasteiger partial charge in [0.05, 0.1) is 12.0 Å². The lowest BCUT2D eigenvalue weighted by atomic mass is 9.97. The second-order valence-corrected chi connectivity index (χ2v) is 10.3. The monoisotopic (exact) mass is 435 g/mol. The van der Waals surface area contributed by atoms with E-state index in [1.165, 1.54) is 33.7 Å². The first-order valence-corrected chi connectivity index (χ1v) is 12.4. The van der Waals surface area contributed by atoms with Crippen LogP contribution in [0.1, 0.15) is 26.7 Å². The number of aromatic nitrogens is 2. The van der Waals surface area contributed by atoms with Crippen LogP contribution in [0.3, 0.4) is 0 Å². The Labute approximate surface area is 167 Å². The molecule has 27 heavy (non-hydrogen) atoms. The lowest BCUT2D eigenvalue weighted by Crippen LogP contribution is -2.40. The molecule has 0 aromatic carbocycles. The van der Waals surface area contributed by atoms with Crippen molar-refractivity contribution in [2.45, 2.75) is 31.0 Å². The highest BCUT2D eigenvalue weighted by molar-refractivity contribution is 8.01. The molecule has 0 radical (unpaired) electrons. The largest absolute Gasteiger partial charge is 0.343 e. The Balaban J connectivity index is 1.82. The van der Waals surface area contributed by atoms with E-state index in [9.17, 15) is 18.0 Å². The number of hydrogen-bond donors (Lipinski definition) is 1. The standard InChI is InChI=1S/C15H25N5O4S3/c1-4-19(5-2)12(21)10-25-15-18-17-14(26-15)16-13(22)11-6-8-20(9-7-11)27(3,23)24/h11H,4-10H2,1-3H3,(H,16,17,22). The molecule has 1 saturated heterocycles. The van der Waals surface area contributed by atoms with Crippen molar-refractivity contribution in [2.75, 3.05) is 43.5 Å². The summed E-state index contributed by atoms with van der Waals surface area (Å²) >= 11 is 2.53. The topological polar surface area (TPSA) is 113 Å². The molecule has 0 saturated carbocycles. The number of sulfonamides is 1. The van der Waals surface area contributed by atoms with Crippen molar-refractivity contribution in [3.63, 3.8) is 0 Å². The van der Waals surface area contributed by atoms with Crippen LogP contribution in [0.2, 0.25) is 0 Å². The summed E-state index contributed by atoms with van der Waals surface area (Å²) in [5.41, 5.74) is 0. The van der Waals surface area contributed by atoms with E-state index in [-0.39, 0.29) is 23.5 Å². The summed E-state index contributed by atoms with van der Waals surface area (Å²) in [6.45, 7) is 5.91. The van der Waals surface area contributed by atoms with E-state index < -0.39 is 10.0 Å². The van der Waals surface area contributed by atoms with E-state index in [1.807, 2.05) is 13.8 Å². The van der Waals surface area contributed by atoms with Crippen molar-refractivity contribution in [1.82, 2.24) is 19.4 Å². The Morgan fingerprint density at radius 3 is 2.44 bits per heavy atom. The Kier molecular flexibility index (Phi) is 8.01. The van der Waals surface area contributed by atoms with Crippen LogP contribution in [0.4, 0.5) is 5.13 Å². The highest BCUT2D eigenvalue weighted by atomic mass is 32.2. The Morgan fingerprint density at radius 1 is 1.26 bits per heavy atom. The normalized spacial score (nSPS) is 16.3. The molecule has 0 unspecified atom stereocenters. The van der Waals surface area contributed by atoms with Crippen LogP contribution in [0.25, 0.3) is 0 Å². The molecule has 2 heterocycles. The van der Waals surface area contributed by atoms with Crippen LogP contribution < -0.4 is 5.32 Å². The van der Waals surface area contributed by atoms with E-state index in [4.69, 9.17) is 0 Å². The zero-order valence-electron chi connectivity index (χ0n) is 15.7. The second kappa shape index (κ2) is 9.80. The Morgan fingerprint density at radius 2 is 1.89 bits per heavy atom. The van der Waals surface area contributed by atoms with Crippen LogP contribution in [0.15, 0.2) is 4.34 Å². The summed E-state index contributed by atoms with van der Waals surface area (Å²) in [7, 11) is -3.21. The van der Waals surface area contributed by atoms with Gasteiger partial charge in [0.15, 0.2) is 4.34 Å². The van der Waals surface area contributed by atoms with Gasteiger partial charge in [0.2, 0.25) is 27.0 Å². The molecule has 2 amide bonds. The molecular formula is C15H25N5O4S3. The van der Waals surface area contributed by atoms with E-state index in [0.29, 0.717) is 48.5 Å². The lowest BCUT2D eigenvalue weighted by molar-refractivity contribution is -0.128. The van der Waals surface area contributed by atoms with Crippen molar-refractivity contribution in [1.29, 1.82) is 0 Å². The summed E-state index contributed by atoms with van der Waals surface area (Å²) in [5, 5.41) is 11.1. The maximum absolute atomic E-state index is 12.4. The number of thioether (sulfide) groups is 1. The van der Waals surface area contributed by atoms with E-state index in [0.717, 1.165) is 0 Å². The molecule has 152 valence electrons. The number of anilines is 1. The third-order valence-electron chi connectivity index (χ3n) is 4.37. The van der Waals surface area contributed by atoms with Crippen molar-refractivity contribution >= 4 is 50.1 Å². The van der Waals surface area contributed by atoms with E-state index in [1.54, 1.807) is 4.90 Å². The molecule has 1 aromatic heterocycles. The summed E-state index contributed by atoms with van der Waals surface area (Å²) in [4.78, 5) is 26.1. The van der Waals surface area contributed by atoms with Crippen LogP contribution in [-0.4, -0.2) is 77.8 Å². The molecule has 1 fully saturated rings. The van der Waals surface area contributed by atoms with Crippen LogP contribution >= 0.6 is 23.1 Å². The molecule has 0 aliphatic carbocycles. The molecule has 0 atom stereocenters. The molecule has 1 aromatic rings. The average Bonchev–Trinajstić information content (AvgIpc) is 3.07. The van der Waals surface area contributed by atoms with Crippen molar-refractivity contribution in [3.05, 3.63) is 0 Å². The number of rotatable bonds is 8. The third kappa shape index (κ3) is 6.40. The minimum Gasteiger partial charge on any atom is -0.343 e. The number of nitrogens with one attached hydrogen (secondary N) is 1. The number of nitrogens with zero attached hydrogens (tertiary/aromatic N) is 4. The predicted octanol–water partition coefficient (Wildman–Crippen LogP) is 1.11. The van der Waals surface area contributed by atoms with Crippen LogP contribution in [0, 0.1) is 5.92 Å². The van der Waals surface area contributed by atoms with E-state index >= 15 is 0 Å². The molecule has 1 aliphatic heterocycles. The fourth-order valence-electron chi connectivity index (χ4n) is 2.77. The highest BCUT2D eigenvalue weighted by Gasteiger charge is 2.29. The van der Waals surface area contributed by atoms with E-state index in [2.05, 4.69) is 15.5 Å². The molecule has 0 spiro atoms. The molecule has 1 N–H and O–H groups in total. The smallest absolute Gasteiger partial charge is 0.233 e. The zero-order chi connectivity index (χ0) is 20.0. The first kappa shape index (κ1) is 22.1. The lowest BCUT2D eigenvalue weighted by Gasteiger charge is -2.29. The maximum Gasteiger partial charge on any atom is 0.233 e. The van der Waals surface area contributed by atoms with Gasteiger partial charge >= 0.3 is 0 Å². The SMILES string of the molecule is CCN(CC)C(=O)CSc1nnc(NC(=O)C2CCN(S(C)(=O)=O)CC2)s1. The van der Waals surface area contributed by atoms with Crippen molar-refractivity contribution < 1.29 is 18.0 Å². The minimum atomic E-state index is -3.21. The summed E-state index contributed by atoms with van der Waals surface area (Å²) in [5.74, 6) is -0.0838. The number of piperidine rings is 1. The van der Waals surface area contributed by atoms with Gasteiger partial charge in [0.1, 0.15) is 0 Å². The maximum atomic E-state index is 12.4. The van der Waals surface area contributed by atoms with Gasteiger partial charge in [-0.2, -0.15) is 0 Å². The van der Waals surface area contributed by atoms with Gasteiger partial charge in [-0.15, -0.1) is 10.2 Å². The first-order chi connectivity index (χ1) is 12.7. The van der Waals surface area contributed by atoms with Crippen LogP contribution in [0.5, 0.6) is 0 Å². The summed E-state index contributed by atoms with van der Waals surface area (Å²) in [6, 6.07) is 0. The second-order valence-electron chi connectivity index (χ2n) is 6.15. The Bertz CT molecular complexity index is 755. The minimum absolute atomic E-state index is 0.0448. The molecule has 2 rings (SSSR count). The molecule has 0 bridgehead atoms. The first-order valence-electron chi connectivity index (χ1n) is 8.74. The highest BCUT2D eigenvalue weighted by Crippen LogP contribution is 2.27. The van der Waals surface area contributed by atoms with Crippen molar-refractivity contribution in [3.8, 4) is 0 Å². The average molecular weight is 436 g/mol. The van der Waals surface area contributed by atoms with Crippen molar-refractivity contribution in [2.24, 2.45) is 5.92 Å². The quantitative estimate of drug-likeness (QED) is 0.481. The van der Waals surface area contributed by atoms with Gasteiger partial charge in [-0.25, -0.2) is 12.7 Å². The number of hydrogen-bond acceptors (Lipinski definition) is 8. The molecular weight excluding hydrogens is 410 g/mol. The molecule has 12 heteroatoms. The van der Waals surface area contributed by atoms with Crippen LogP contribution in [-0.2, 0) is 19.6 Å². The number of carbonyl (C=O) groups excluding carboxylic acids is 2. The number of carbonyl (C=O) groups is 2. The van der Waals surface area contributed by atoms with Gasteiger partial charge in [-0.05, 0) is 26.7 Å². The third-order valence-corrected chi connectivity index (χ3v) is 7.63. The fourth-order valence-corrected chi connectivity index (χ4v) is 5.30. The summed E-state index contributed by atoms with van der Waals surface area (Å²) in [6.07, 6.45) is 2.15. The van der Waals surface area contributed by atoms with Gasteiger partial charge in [-0.1, -0.05) is 23.1 Å². The zero-order valence-corrected chi connectivity index (χ0v) is 18.1. The van der Waals surface area contributed by atoms with Gasteiger partial charge in [0.25, 0.3) is 0 Å². The summed E-state index contributed by atoms with van der Waals surface area (Å²) < 4.78 is 25.1. The molecule has 1 aliphatic rings. The van der Waals surface area contributed by atoms with Gasteiger partial charge < -0.3 is 10.2 Å². The van der Waals surface area contributed by atoms with Gasteiger partial charge in [0, 0.05) is 32.1 Å².